The van der Waals surface area contributed by atoms with E-state index in [-0.39, 0.29) is 0 Å². The fourth-order valence-electron chi connectivity index (χ4n) is 3.08. The van der Waals surface area contributed by atoms with E-state index in [1.165, 1.54) is 24.0 Å². The van der Waals surface area contributed by atoms with Crippen molar-refractivity contribution >= 4 is 0 Å². The van der Waals surface area contributed by atoms with E-state index in [2.05, 4.69) is 31.3 Å². The molecule has 0 spiro atoms. The number of rotatable bonds is 2. The molecule has 1 atom stereocenters. The van der Waals surface area contributed by atoms with E-state index < -0.39 is 0 Å². The molecule has 0 radical (unpaired) electrons. The fourth-order valence-corrected chi connectivity index (χ4v) is 3.08. The highest BCUT2D eigenvalue weighted by Gasteiger charge is 2.26. The van der Waals surface area contributed by atoms with Crippen LogP contribution in [0, 0.1) is 0 Å². The van der Waals surface area contributed by atoms with Crippen LogP contribution in [-0.2, 0) is 0 Å². The van der Waals surface area contributed by atoms with Crippen molar-refractivity contribution in [3.05, 3.63) is 23.3 Å². The van der Waals surface area contributed by atoms with E-state index in [4.69, 9.17) is 9.47 Å². The molecule has 1 N–H and O–H groups in total. The van der Waals surface area contributed by atoms with Crippen LogP contribution in [0.4, 0.5) is 0 Å². The zero-order chi connectivity index (χ0) is 12.5. The number of ether oxygens (including phenoxy) is 2. The molecule has 3 heteroatoms. The van der Waals surface area contributed by atoms with Crippen molar-refractivity contribution < 1.29 is 9.47 Å². The number of hydrogen-bond donors (Lipinski definition) is 1. The third kappa shape index (κ3) is 1.97. The van der Waals surface area contributed by atoms with Crippen molar-refractivity contribution in [1.82, 2.24) is 5.32 Å². The molecule has 2 aliphatic rings. The lowest BCUT2D eigenvalue weighted by Gasteiger charge is -2.27. The molecule has 1 aromatic rings. The zero-order valence-electron chi connectivity index (χ0n) is 11.2. The number of fused-ring (bicyclic) bond motifs is 1. The van der Waals surface area contributed by atoms with Crippen LogP contribution >= 0.6 is 0 Å². The van der Waals surface area contributed by atoms with E-state index in [9.17, 15) is 0 Å². The minimum absolute atomic E-state index is 0.363. The molecule has 0 bridgehead atoms. The van der Waals surface area contributed by atoms with Crippen LogP contribution in [0.2, 0.25) is 0 Å². The summed E-state index contributed by atoms with van der Waals surface area (Å²) in [5.41, 5.74) is 2.79. The maximum absolute atomic E-state index is 5.68. The molecule has 0 aliphatic carbocycles. The number of piperidine rings is 1. The van der Waals surface area contributed by atoms with Gasteiger partial charge in [0.1, 0.15) is 0 Å². The SMILES string of the molecule is CC(C)c1c(C2CCCNC2)ccc2c1OCO2. The van der Waals surface area contributed by atoms with Gasteiger partial charge in [0, 0.05) is 12.1 Å². The summed E-state index contributed by atoms with van der Waals surface area (Å²) in [5, 5.41) is 3.50. The highest BCUT2D eigenvalue weighted by molar-refractivity contribution is 5.54. The van der Waals surface area contributed by atoms with Crippen LogP contribution in [0.5, 0.6) is 11.5 Å². The van der Waals surface area contributed by atoms with Gasteiger partial charge in [0.05, 0.1) is 0 Å². The molecular formula is C15H21NO2. The predicted molar refractivity (Wildman–Crippen MR) is 71.5 cm³/mol. The average molecular weight is 247 g/mol. The van der Waals surface area contributed by atoms with Crippen LogP contribution in [0.15, 0.2) is 12.1 Å². The first-order valence-corrected chi connectivity index (χ1v) is 6.90. The lowest BCUT2D eigenvalue weighted by atomic mass is 9.84. The molecule has 18 heavy (non-hydrogen) atoms. The Kier molecular flexibility index (Phi) is 3.16. The summed E-state index contributed by atoms with van der Waals surface area (Å²) in [7, 11) is 0. The lowest BCUT2D eigenvalue weighted by molar-refractivity contribution is 0.173. The van der Waals surface area contributed by atoms with Gasteiger partial charge in [-0.25, -0.2) is 0 Å². The smallest absolute Gasteiger partial charge is 0.231 e. The molecular weight excluding hydrogens is 226 g/mol. The highest BCUT2D eigenvalue weighted by atomic mass is 16.7. The first kappa shape index (κ1) is 11.8. The van der Waals surface area contributed by atoms with Gasteiger partial charge in [-0.3, -0.25) is 0 Å². The standard InChI is InChI=1S/C15H21NO2/c1-10(2)14-12(11-4-3-7-16-8-11)5-6-13-15(14)18-9-17-13/h5-6,10-11,16H,3-4,7-9H2,1-2H3. The summed E-state index contributed by atoms with van der Waals surface area (Å²) in [6.07, 6.45) is 2.53. The molecule has 1 fully saturated rings. The molecule has 1 unspecified atom stereocenters. The minimum Gasteiger partial charge on any atom is -0.454 e. The van der Waals surface area contributed by atoms with Gasteiger partial charge in [0.15, 0.2) is 11.5 Å². The van der Waals surface area contributed by atoms with Gasteiger partial charge >= 0.3 is 0 Å². The molecule has 3 nitrogen and oxygen atoms in total. The summed E-state index contributed by atoms with van der Waals surface area (Å²) >= 11 is 0. The Labute approximate surface area is 108 Å². The van der Waals surface area contributed by atoms with Gasteiger partial charge in [-0.15, -0.1) is 0 Å². The molecule has 98 valence electrons. The third-order valence-corrected chi connectivity index (χ3v) is 3.93. The van der Waals surface area contributed by atoms with Gasteiger partial charge in [0.2, 0.25) is 6.79 Å². The normalized spacial score (nSPS) is 22.5. The van der Waals surface area contributed by atoms with Gasteiger partial charge in [-0.1, -0.05) is 19.9 Å². The van der Waals surface area contributed by atoms with Gasteiger partial charge in [-0.05, 0) is 42.9 Å². The summed E-state index contributed by atoms with van der Waals surface area (Å²) in [5.74, 6) is 2.98. The molecule has 0 saturated carbocycles. The maximum atomic E-state index is 5.68. The fraction of sp³-hybridized carbons (Fsp3) is 0.600. The Morgan fingerprint density at radius 2 is 2.17 bits per heavy atom. The number of nitrogens with one attached hydrogen (secondary N) is 1. The minimum atomic E-state index is 0.363. The molecule has 1 saturated heterocycles. The average Bonchev–Trinajstić information content (AvgIpc) is 2.86. The monoisotopic (exact) mass is 247 g/mol. The lowest BCUT2D eigenvalue weighted by Crippen LogP contribution is -2.29. The van der Waals surface area contributed by atoms with Crippen molar-refractivity contribution in [3.8, 4) is 11.5 Å². The molecule has 3 rings (SSSR count). The third-order valence-electron chi connectivity index (χ3n) is 3.93. The Morgan fingerprint density at radius 1 is 1.28 bits per heavy atom. The first-order chi connectivity index (χ1) is 8.77. The first-order valence-electron chi connectivity index (χ1n) is 6.90. The second-order valence-electron chi connectivity index (χ2n) is 5.50. The largest absolute Gasteiger partial charge is 0.454 e. The van der Waals surface area contributed by atoms with E-state index in [1.807, 2.05) is 0 Å². The van der Waals surface area contributed by atoms with Crippen molar-refractivity contribution in [3.63, 3.8) is 0 Å². The number of benzene rings is 1. The zero-order valence-corrected chi connectivity index (χ0v) is 11.2. The molecule has 0 amide bonds. The summed E-state index contributed by atoms with van der Waals surface area (Å²) < 4.78 is 11.2. The number of hydrogen-bond acceptors (Lipinski definition) is 3. The second-order valence-corrected chi connectivity index (χ2v) is 5.50. The van der Waals surface area contributed by atoms with E-state index in [0.717, 1.165) is 24.6 Å². The van der Waals surface area contributed by atoms with E-state index in [0.29, 0.717) is 18.6 Å². The van der Waals surface area contributed by atoms with Crippen molar-refractivity contribution in [2.75, 3.05) is 19.9 Å². The molecule has 2 aliphatic heterocycles. The van der Waals surface area contributed by atoms with Crippen LogP contribution < -0.4 is 14.8 Å². The molecule has 0 aromatic heterocycles. The summed E-state index contributed by atoms with van der Waals surface area (Å²) in [6, 6.07) is 4.30. The topological polar surface area (TPSA) is 30.5 Å². The Morgan fingerprint density at radius 3 is 2.89 bits per heavy atom. The second kappa shape index (κ2) is 4.81. The van der Waals surface area contributed by atoms with Crippen LogP contribution in [0.25, 0.3) is 0 Å². The van der Waals surface area contributed by atoms with E-state index in [1.54, 1.807) is 0 Å². The van der Waals surface area contributed by atoms with E-state index >= 15 is 0 Å². The van der Waals surface area contributed by atoms with Crippen molar-refractivity contribution in [2.24, 2.45) is 0 Å². The maximum Gasteiger partial charge on any atom is 0.231 e. The van der Waals surface area contributed by atoms with Crippen LogP contribution in [-0.4, -0.2) is 19.9 Å². The molecule has 2 heterocycles. The van der Waals surface area contributed by atoms with Crippen molar-refractivity contribution in [2.45, 2.75) is 38.5 Å². The van der Waals surface area contributed by atoms with Crippen LogP contribution in [0.1, 0.15) is 49.7 Å². The van der Waals surface area contributed by atoms with Gasteiger partial charge in [0.25, 0.3) is 0 Å². The predicted octanol–water partition coefficient (Wildman–Crippen LogP) is 3.01. The Bertz CT molecular complexity index is 436. The summed E-state index contributed by atoms with van der Waals surface area (Å²) in [6.45, 7) is 7.06. The molecule has 1 aromatic carbocycles. The van der Waals surface area contributed by atoms with Gasteiger partial charge in [-0.2, -0.15) is 0 Å². The van der Waals surface area contributed by atoms with Gasteiger partial charge < -0.3 is 14.8 Å². The Balaban J connectivity index is 2.02. The summed E-state index contributed by atoms with van der Waals surface area (Å²) in [4.78, 5) is 0. The quantitative estimate of drug-likeness (QED) is 0.871. The van der Waals surface area contributed by atoms with Crippen LogP contribution in [0.3, 0.4) is 0 Å². The highest BCUT2D eigenvalue weighted by Crippen LogP contribution is 2.44. The van der Waals surface area contributed by atoms with Crippen molar-refractivity contribution in [1.29, 1.82) is 0 Å². The Hall–Kier alpha value is -1.22.